The lowest BCUT2D eigenvalue weighted by Crippen LogP contribution is -2.17. The van der Waals surface area contributed by atoms with E-state index in [-0.39, 0.29) is 18.3 Å². The molecule has 0 unspecified atom stereocenters. The van der Waals surface area contributed by atoms with Crippen LogP contribution < -0.4 is 10.1 Å². The Hall–Kier alpha value is -3.11. The highest BCUT2D eigenvalue weighted by atomic mass is 32.2. The second-order valence-electron chi connectivity index (χ2n) is 7.74. The van der Waals surface area contributed by atoms with Crippen LogP contribution in [0.2, 0.25) is 0 Å². The lowest BCUT2D eigenvalue weighted by Gasteiger charge is -2.10. The van der Waals surface area contributed by atoms with Crippen molar-refractivity contribution in [1.29, 1.82) is 0 Å². The summed E-state index contributed by atoms with van der Waals surface area (Å²) in [6.45, 7) is 6.54. The molecule has 4 rings (SSSR count). The third-order valence-corrected chi connectivity index (χ3v) is 7.63. The molecule has 2 heterocycles. The third kappa shape index (κ3) is 5.18. The maximum Gasteiger partial charge on any atom is 0.341 e. The van der Waals surface area contributed by atoms with E-state index in [2.05, 4.69) is 22.1 Å². The molecule has 2 aromatic heterocycles. The van der Waals surface area contributed by atoms with Crippen molar-refractivity contribution in [1.82, 2.24) is 14.8 Å². The van der Waals surface area contributed by atoms with E-state index in [0.717, 1.165) is 41.0 Å². The molecule has 1 N–H and O–H groups in total. The lowest BCUT2D eigenvalue weighted by molar-refractivity contribution is -0.113. The monoisotopic (exact) mass is 498 g/mol. The fourth-order valence-corrected chi connectivity index (χ4v) is 5.87. The number of esters is 1. The predicted molar refractivity (Wildman–Crippen MR) is 133 cm³/mol. The van der Waals surface area contributed by atoms with Crippen molar-refractivity contribution in [2.24, 2.45) is 0 Å². The van der Waals surface area contributed by atoms with Crippen molar-refractivity contribution in [3.63, 3.8) is 0 Å². The molecule has 3 aromatic rings. The molecule has 1 aromatic carbocycles. The number of aromatic nitrogens is 3. The molecule has 0 saturated carbocycles. The van der Waals surface area contributed by atoms with Crippen LogP contribution in [0, 0.1) is 6.92 Å². The SMILES string of the molecule is C=CCn1c(COc2ccccc2C)nnc1SCC(=O)Nc1sc2c(c1C(=O)OC)CCC2. The smallest absolute Gasteiger partial charge is 0.341 e. The van der Waals surface area contributed by atoms with Gasteiger partial charge in [0.15, 0.2) is 11.0 Å². The molecule has 0 fully saturated rings. The van der Waals surface area contributed by atoms with Gasteiger partial charge in [0.05, 0.1) is 18.4 Å². The summed E-state index contributed by atoms with van der Waals surface area (Å²) in [7, 11) is 1.36. The molecule has 0 aliphatic heterocycles. The summed E-state index contributed by atoms with van der Waals surface area (Å²) in [5.41, 5.74) is 2.53. The summed E-state index contributed by atoms with van der Waals surface area (Å²) in [6.07, 6.45) is 4.52. The minimum atomic E-state index is -0.411. The highest BCUT2D eigenvalue weighted by Crippen LogP contribution is 2.39. The van der Waals surface area contributed by atoms with Crippen molar-refractivity contribution in [3.05, 3.63) is 64.3 Å². The van der Waals surface area contributed by atoms with Crippen LogP contribution in [0.5, 0.6) is 5.75 Å². The first-order valence-corrected chi connectivity index (χ1v) is 12.7. The van der Waals surface area contributed by atoms with Gasteiger partial charge < -0.3 is 14.8 Å². The van der Waals surface area contributed by atoms with Gasteiger partial charge >= 0.3 is 5.97 Å². The number of ether oxygens (including phenoxy) is 2. The van der Waals surface area contributed by atoms with E-state index < -0.39 is 5.97 Å². The van der Waals surface area contributed by atoms with Gasteiger partial charge in [0, 0.05) is 11.4 Å². The molecule has 0 bridgehead atoms. The minimum Gasteiger partial charge on any atom is -0.485 e. The first-order valence-electron chi connectivity index (χ1n) is 10.9. The summed E-state index contributed by atoms with van der Waals surface area (Å²) < 4.78 is 12.7. The van der Waals surface area contributed by atoms with Crippen molar-refractivity contribution in [2.75, 3.05) is 18.2 Å². The summed E-state index contributed by atoms with van der Waals surface area (Å²) in [4.78, 5) is 26.2. The van der Waals surface area contributed by atoms with Gasteiger partial charge in [0.1, 0.15) is 17.4 Å². The normalized spacial score (nSPS) is 12.3. The quantitative estimate of drug-likeness (QED) is 0.251. The Labute approximate surface area is 206 Å². The van der Waals surface area contributed by atoms with E-state index in [9.17, 15) is 9.59 Å². The van der Waals surface area contributed by atoms with Crippen LogP contribution in [-0.2, 0) is 35.5 Å². The molecule has 0 spiro atoms. The molecule has 10 heteroatoms. The fourth-order valence-electron chi connectivity index (χ4n) is 3.81. The molecule has 1 aliphatic carbocycles. The molecule has 178 valence electrons. The highest BCUT2D eigenvalue weighted by Gasteiger charge is 2.28. The zero-order valence-electron chi connectivity index (χ0n) is 19.1. The number of benzene rings is 1. The van der Waals surface area contributed by atoms with E-state index in [1.165, 1.54) is 30.2 Å². The Morgan fingerprint density at radius 3 is 2.88 bits per heavy atom. The number of aryl methyl sites for hydroxylation is 2. The Morgan fingerprint density at radius 2 is 2.12 bits per heavy atom. The second kappa shape index (κ2) is 10.9. The number of rotatable bonds is 10. The zero-order chi connectivity index (χ0) is 24.1. The van der Waals surface area contributed by atoms with Gasteiger partial charge in [-0.25, -0.2) is 4.79 Å². The van der Waals surface area contributed by atoms with Gasteiger partial charge in [-0.15, -0.1) is 28.1 Å². The standard InChI is InChI=1S/C24H26N4O4S2/c1-4-12-28-19(13-32-17-10-6-5-8-15(17)2)26-27-24(28)33-14-20(29)25-22-21(23(30)31-3)16-9-7-11-18(16)34-22/h4-6,8,10H,1,7,9,11-14H2,2-3H3,(H,25,29). The summed E-state index contributed by atoms with van der Waals surface area (Å²) in [5, 5.41) is 12.5. The maximum absolute atomic E-state index is 12.7. The van der Waals surface area contributed by atoms with Crippen molar-refractivity contribution < 1.29 is 19.1 Å². The van der Waals surface area contributed by atoms with Crippen molar-refractivity contribution in [3.8, 4) is 5.75 Å². The number of hydrogen-bond donors (Lipinski definition) is 1. The number of fused-ring (bicyclic) bond motifs is 1. The molecule has 0 radical (unpaired) electrons. The lowest BCUT2D eigenvalue weighted by atomic mass is 10.1. The van der Waals surface area contributed by atoms with Gasteiger partial charge in [0.25, 0.3) is 0 Å². The molecule has 34 heavy (non-hydrogen) atoms. The van der Waals surface area contributed by atoms with E-state index in [4.69, 9.17) is 9.47 Å². The third-order valence-electron chi connectivity index (χ3n) is 5.45. The molecule has 1 amide bonds. The number of nitrogens with one attached hydrogen (secondary N) is 1. The predicted octanol–water partition coefficient (Wildman–Crippen LogP) is 4.42. The van der Waals surface area contributed by atoms with E-state index in [1.807, 2.05) is 35.8 Å². The van der Waals surface area contributed by atoms with Crippen molar-refractivity contribution in [2.45, 2.75) is 44.5 Å². The topological polar surface area (TPSA) is 95.3 Å². The largest absolute Gasteiger partial charge is 0.485 e. The first kappa shape index (κ1) is 24.0. The summed E-state index contributed by atoms with van der Waals surface area (Å²) in [5.74, 6) is 0.923. The van der Waals surface area contributed by atoms with E-state index in [1.54, 1.807) is 6.08 Å². The van der Waals surface area contributed by atoms with Crippen LogP contribution in [0.15, 0.2) is 42.1 Å². The molecule has 0 atom stereocenters. The van der Waals surface area contributed by atoms with Crippen LogP contribution >= 0.6 is 23.1 Å². The van der Waals surface area contributed by atoms with Gasteiger partial charge in [-0.3, -0.25) is 9.36 Å². The molecule has 1 aliphatic rings. The van der Waals surface area contributed by atoms with Crippen LogP contribution in [0.25, 0.3) is 0 Å². The molecule has 8 nitrogen and oxygen atoms in total. The first-order chi connectivity index (χ1) is 16.5. The van der Waals surface area contributed by atoms with Crippen LogP contribution in [-0.4, -0.2) is 39.5 Å². The molecule has 0 saturated heterocycles. The number of amides is 1. The Balaban J connectivity index is 1.42. The number of carbonyl (C=O) groups excluding carboxylic acids is 2. The number of methoxy groups -OCH3 is 1. The minimum absolute atomic E-state index is 0.122. The van der Waals surface area contributed by atoms with E-state index >= 15 is 0 Å². The average molecular weight is 499 g/mol. The Morgan fingerprint density at radius 1 is 1.29 bits per heavy atom. The van der Waals surface area contributed by atoms with E-state index in [0.29, 0.717) is 28.1 Å². The second-order valence-corrected chi connectivity index (χ2v) is 9.79. The number of allylic oxidation sites excluding steroid dienone is 1. The fraction of sp³-hybridized carbons (Fsp3) is 0.333. The highest BCUT2D eigenvalue weighted by molar-refractivity contribution is 7.99. The number of anilines is 1. The van der Waals surface area contributed by atoms with Crippen LogP contribution in [0.1, 0.15) is 38.6 Å². The summed E-state index contributed by atoms with van der Waals surface area (Å²) >= 11 is 2.73. The molecular weight excluding hydrogens is 472 g/mol. The number of nitrogens with zero attached hydrogens (tertiary/aromatic N) is 3. The number of hydrogen-bond acceptors (Lipinski definition) is 8. The van der Waals surface area contributed by atoms with Gasteiger partial charge in [-0.2, -0.15) is 0 Å². The van der Waals surface area contributed by atoms with Gasteiger partial charge in [-0.05, 0) is 43.4 Å². The van der Waals surface area contributed by atoms with Crippen molar-refractivity contribution >= 4 is 40.0 Å². The Kier molecular flexibility index (Phi) is 7.69. The van der Waals surface area contributed by atoms with Crippen LogP contribution in [0.3, 0.4) is 0 Å². The number of para-hydroxylation sites is 1. The zero-order valence-corrected chi connectivity index (χ0v) is 20.8. The maximum atomic E-state index is 12.7. The van der Waals surface area contributed by atoms with Gasteiger partial charge in [0.2, 0.25) is 5.91 Å². The summed E-state index contributed by atoms with van der Waals surface area (Å²) in [6, 6.07) is 7.77. The molecular formula is C24H26N4O4S2. The average Bonchev–Trinajstić information content (AvgIpc) is 3.52. The Bertz CT molecular complexity index is 1220. The van der Waals surface area contributed by atoms with Crippen LogP contribution in [0.4, 0.5) is 5.00 Å². The number of thiophene rings is 1. The number of carbonyl (C=O) groups is 2. The van der Waals surface area contributed by atoms with Gasteiger partial charge in [-0.1, -0.05) is 36.0 Å². The number of thioether (sulfide) groups is 1.